The van der Waals surface area contributed by atoms with Crippen LogP contribution in [0.2, 0.25) is 5.02 Å². The number of hydrogen-bond donors (Lipinski definition) is 3. The van der Waals surface area contributed by atoms with Gasteiger partial charge in [0.25, 0.3) is 0 Å². The molecule has 6 nitrogen and oxygen atoms in total. The second-order valence-corrected chi connectivity index (χ2v) is 3.39. The molecule has 0 saturated carbocycles. The topological polar surface area (TPSA) is 106 Å². The number of nitrogens with two attached hydrogens (primary N) is 1. The van der Waals surface area contributed by atoms with E-state index in [9.17, 15) is 9.90 Å². The molecule has 2 atom stereocenters. The molecule has 1 aromatic rings. The van der Waals surface area contributed by atoms with Crippen LogP contribution in [0, 0.1) is 0 Å². The van der Waals surface area contributed by atoms with Crippen molar-refractivity contribution in [3.63, 3.8) is 0 Å². The summed E-state index contributed by atoms with van der Waals surface area (Å²) < 4.78 is 4.35. The zero-order valence-electron chi connectivity index (χ0n) is 8.21. The van der Waals surface area contributed by atoms with Crippen molar-refractivity contribution in [2.24, 2.45) is 5.73 Å². The number of amides is 1. The number of aliphatic hydroxyl groups is 2. The maximum Gasteiger partial charge on any atom is 0.406 e. The third kappa shape index (κ3) is 3.06. The van der Waals surface area contributed by atoms with Gasteiger partial charge in [-0.25, -0.2) is 4.79 Å². The molecule has 0 aliphatic rings. The predicted molar refractivity (Wildman–Crippen MR) is 55.7 cm³/mol. The fourth-order valence-electron chi connectivity index (χ4n) is 1.18. The molecular formula is C9H11ClN2O4. The van der Waals surface area contributed by atoms with Gasteiger partial charge < -0.3 is 20.7 Å². The molecule has 0 spiro atoms. The minimum absolute atomic E-state index is 0.236. The number of nitrogens with zero attached hydrogens (tertiary/aromatic N) is 1. The smallest absolute Gasteiger partial charge is 0.406 e. The van der Waals surface area contributed by atoms with Crippen molar-refractivity contribution in [1.29, 1.82) is 0 Å². The Bertz CT molecular complexity index is 374. The zero-order valence-corrected chi connectivity index (χ0v) is 8.96. The fraction of sp³-hybridized carbons (Fsp3) is 0.333. The van der Waals surface area contributed by atoms with Gasteiger partial charge in [0.1, 0.15) is 0 Å². The van der Waals surface area contributed by atoms with Crippen molar-refractivity contribution in [3.05, 3.63) is 29.0 Å². The highest BCUT2D eigenvalue weighted by Gasteiger charge is 2.26. The number of rotatable bonds is 4. The average molecular weight is 247 g/mol. The van der Waals surface area contributed by atoms with Crippen LogP contribution in [0.4, 0.5) is 4.79 Å². The van der Waals surface area contributed by atoms with Gasteiger partial charge in [-0.1, -0.05) is 11.6 Å². The normalized spacial score (nSPS) is 14.2. The molecule has 16 heavy (non-hydrogen) atoms. The van der Waals surface area contributed by atoms with Crippen LogP contribution in [-0.4, -0.2) is 34.2 Å². The number of aliphatic hydroxyl groups excluding tert-OH is 2. The molecule has 0 unspecified atom stereocenters. The van der Waals surface area contributed by atoms with E-state index in [0.717, 1.165) is 0 Å². The Kier molecular flexibility index (Phi) is 4.48. The van der Waals surface area contributed by atoms with E-state index >= 15 is 0 Å². The molecule has 1 rings (SSSR count). The van der Waals surface area contributed by atoms with Crippen molar-refractivity contribution in [1.82, 2.24) is 4.98 Å². The number of aromatic nitrogens is 1. The van der Waals surface area contributed by atoms with E-state index < -0.39 is 24.9 Å². The predicted octanol–water partition coefficient (Wildman–Crippen LogP) is 0.225. The second kappa shape index (κ2) is 5.64. The van der Waals surface area contributed by atoms with Crippen LogP contribution in [0.1, 0.15) is 11.6 Å². The van der Waals surface area contributed by atoms with E-state index in [2.05, 4.69) is 9.72 Å². The highest BCUT2D eigenvalue weighted by molar-refractivity contribution is 6.31. The first-order valence-electron chi connectivity index (χ1n) is 4.41. The minimum Gasteiger partial charge on any atom is -0.419 e. The summed E-state index contributed by atoms with van der Waals surface area (Å²) in [6.07, 6.45) is -1.28. The Morgan fingerprint density at radius 1 is 1.69 bits per heavy atom. The number of pyridine rings is 1. The summed E-state index contributed by atoms with van der Waals surface area (Å²) in [5, 5.41) is 18.8. The van der Waals surface area contributed by atoms with Crippen molar-refractivity contribution in [2.45, 2.75) is 12.2 Å². The fourth-order valence-corrected chi connectivity index (χ4v) is 1.45. The van der Waals surface area contributed by atoms with E-state index in [-0.39, 0.29) is 10.7 Å². The lowest BCUT2D eigenvalue weighted by Crippen LogP contribution is -2.30. The Hall–Kier alpha value is -1.37. The van der Waals surface area contributed by atoms with Gasteiger partial charge in [-0.3, -0.25) is 4.98 Å². The van der Waals surface area contributed by atoms with Gasteiger partial charge in [-0.05, 0) is 12.1 Å². The number of carbonyl (C=O) groups excluding carboxylic acids is 1. The Morgan fingerprint density at radius 3 is 2.88 bits per heavy atom. The molecule has 4 N–H and O–H groups in total. The standard InChI is InChI=1S/C9H11ClN2O4/c10-6-2-1-3-12-7(6)5(4-13)8(14)16-9(11)15/h1-3,5,8,13-14H,4H2,(H2,11,15)/t5-,8+/m1/s1. The van der Waals surface area contributed by atoms with E-state index in [1.54, 1.807) is 12.1 Å². The molecule has 1 amide bonds. The third-order valence-corrected chi connectivity index (χ3v) is 2.24. The van der Waals surface area contributed by atoms with Crippen LogP contribution < -0.4 is 5.73 Å². The maximum absolute atomic E-state index is 10.5. The van der Waals surface area contributed by atoms with Crippen LogP contribution in [0.25, 0.3) is 0 Å². The molecule has 1 aromatic heterocycles. The molecule has 0 aliphatic heterocycles. The quantitative estimate of drug-likeness (QED) is 0.659. The third-order valence-electron chi connectivity index (χ3n) is 1.92. The summed E-state index contributed by atoms with van der Waals surface area (Å²) in [5.41, 5.74) is 4.98. The largest absolute Gasteiger partial charge is 0.419 e. The average Bonchev–Trinajstić information content (AvgIpc) is 2.20. The van der Waals surface area contributed by atoms with Crippen molar-refractivity contribution < 1.29 is 19.7 Å². The van der Waals surface area contributed by atoms with E-state index in [0.29, 0.717) is 0 Å². The SMILES string of the molecule is NC(=O)O[C@H](O)[C@H](CO)c1ncccc1Cl. The number of primary amides is 1. The van der Waals surface area contributed by atoms with Crippen molar-refractivity contribution >= 4 is 17.7 Å². The van der Waals surface area contributed by atoms with Crippen LogP contribution >= 0.6 is 11.6 Å². The highest BCUT2D eigenvalue weighted by Crippen LogP contribution is 2.25. The van der Waals surface area contributed by atoms with Gasteiger partial charge in [-0.15, -0.1) is 0 Å². The van der Waals surface area contributed by atoms with Crippen LogP contribution in [0.3, 0.4) is 0 Å². The zero-order chi connectivity index (χ0) is 12.1. The van der Waals surface area contributed by atoms with Gasteiger partial charge in [0, 0.05) is 6.20 Å². The monoisotopic (exact) mass is 246 g/mol. The van der Waals surface area contributed by atoms with E-state index in [1.165, 1.54) is 6.20 Å². The lowest BCUT2D eigenvalue weighted by molar-refractivity contribution is -0.0767. The Labute approximate surface area is 96.6 Å². The molecule has 7 heteroatoms. The molecule has 0 radical (unpaired) electrons. The Morgan fingerprint density at radius 2 is 2.38 bits per heavy atom. The number of hydrogen-bond acceptors (Lipinski definition) is 5. The van der Waals surface area contributed by atoms with Gasteiger partial charge >= 0.3 is 6.09 Å². The van der Waals surface area contributed by atoms with E-state index in [1.807, 2.05) is 0 Å². The number of carbonyl (C=O) groups is 1. The summed E-state index contributed by atoms with van der Waals surface area (Å²) >= 11 is 5.82. The highest BCUT2D eigenvalue weighted by atomic mass is 35.5. The van der Waals surface area contributed by atoms with Gasteiger partial charge in [0.2, 0.25) is 6.29 Å². The summed E-state index contributed by atoms with van der Waals surface area (Å²) in [5.74, 6) is -0.929. The molecule has 1 heterocycles. The molecule has 0 saturated heterocycles. The van der Waals surface area contributed by atoms with Crippen LogP contribution in [0.5, 0.6) is 0 Å². The van der Waals surface area contributed by atoms with Gasteiger partial charge in [-0.2, -0.15) is 0 Å². The van der Waals surface area contributed by atoms with Gasteiger partial charge in [0.15, 0.2) is 0 Å². The summed E-state index contributed by atoms with van der Waals surface area (Å²) in [7, 11) is 0. The van der Waals surface area contributed by atoms with Crippen molar-refractivity contribution in [3.8, 4) is 0 Å². The summed E-state index contributed by atoms with van der Waals surface area (Å²) in [6.45, 7) is -0.481. The molecule has 0 aromatic carbocycles. The van der Waals surface area contributed by atoms with E-state index in [4.69, 9.17) is 22.4 Å². The first-order chi connectivity index (χ1) is 7.56. The summed E-state index contributed by atoms with van der Waals surface area (Å²) in [6, 6.07) is 3.14. The first-order valence-corrected chi connectivity index (χ1v) is 4.79. The molecule has 0 bridgehead atoms. The molecular weight excluding hydrogens is 236 g/mol. The first kappa shape index (κ1) is 12.7. The molecule has 0 fully saturated rings. The minimum atomic E-state index is -1.59. The van der Waals surface area contributed by atoms with Crippen molar-refractivity contribution in [2.75, 3.05) is 6.61 Å². The molecule has 88 valence electrons. The maximum atomic E-state index is 10.5. The second-order valence-electron chi connectivity index (χ2n) is 2.99. The molecule has 0 aliphatic carbocycles. The lowest BCUT2D eigenvalue weighted by atomic mass is 10.1. The lowest BCUT2D eigenvalue weighted by Gasteiger charge is -2.20. The van der Waals surface area contributed by atoms with Crippen LogP contribution in [0.15, 0.2) is 18.3 Å². The van der Waals surface area contributed by atoms with Gasteiger partial charge in [0.05, 0.1) is 23.2 Å². The number of ether oxygens (including phenoxy) is 1. The number of halogens is 1. The Balaban J connectivity index is 2.90. The van der Waals surface area contributed by atoms with Crippen LogP contribution in [-0.2, 0) is 4.74 Å². The summed E-state index contributed by atoms with van der Waals surface area (Å²) in [4.78, 5) is 14.3.